The molecule has 7 nitrogen and oxygen atoms in total. The number of amides is 1. The van der Waals surface area contributed by atoms with E-state index in [0.29, 0.717) is 33.9 Å². The first-order valence-corrected chi connectivity index (χ1v) is 12.1. The largest absolute Gasteiger partial charge is 0.507 e. The molecule has 1 aliphatic rings. The maximum atomic E-state index is 13.5. The molecule has 0 aromatic heterocycles. The average molecular weight is 522 g/mol. The lowest BCUT2D eigenvalue weighted by molar-refractivity contribution is -0.132. The molecule has 0 saturated carbocycles. The number of ether oxygens (including phenoxy) is 2. The molecule has 1 atom stereocenters. The predicted molar refractivity (Wildman–Crippen MR) is 143 cm³/mol. The van der Waals surface area contributed by atoms with Crippen LogP contribution in [-0.4, -0.2) is 36.1 Å². The number of phenolic OH excluding ortho intramolecular Hbond substituents is 1. The van der Waals surface area contributed by atoms with Crippen molar-refractivity contribution >= 4 is 34.7 Å². The normalized spacial score (nSPS) is 16.9. The van der Waals surface area contributed by atoms with Crippen molar-refractivity contribution < 1.29 is 29.3 Å². The van der Waals surface area contributed by atoms with Gasteiger partial charge in [0.05, 0.1) is 30.9 Å². The summed E-state index contributed by atoms with van der Waals surface area (Å²) in [5.41, 5.74) is 2.71. The van der Waals surface area contributed by atoms with E-state index in [1.165, 1.54) is 24.1 Å². The van der Waals surface area contributed by atoms with Gasteiger partial charge in [-0.1, -0.05) is 37.6 Å². The number of hydrogen-bond acceptors (Lipinski definition) is 6. The Morgan fingerprint density at radius 3 is 2.38 bits per heavy atom. The molecule has 0 radical (unpaired) electrons. The Balaban J connectivity index is 2.01. The molecule has 2 N–H and O–H groups in total. The molecule has 3 aromatic rings. The van der Waals surface area contributed by atoms with E-state index in [1.807, 2.05) is 13.8 Å². The van der Waals surface area contributed by atoms with E-state index >= 15 is 0 Å². The van der Waals surface area contributed by atoms with Crippen LogP contribution in [0, 0.1) is 6.92 Å². The van der Waals surface area contributed by atoms with Gasteiger partial charge in [0.15, 0.2) is 0 Å². The summed E-state index contributed by atoms with van der Waals surface area (Å²) in [5, 5.41) is 21.7. The number of nitrogens with zero attached hydrogens (tertiary/aromatic N) is 1. The molecule has 37 heavy (non-hydrogen) atoms. The molecule has 1 unspecified atom stereocenters. The Bertz CT molecular complexity index is 1430. The number of aryl methyl sites for hydroxylation is 1. The molecule has 1 amide bonds. The number of carbonyl (C=O) groups excluding carboxylic acids is 2. The van der Waals surface area contributed by atoms with Crippen molar-refractivity contribution in [2.24, 2.45) is 0 Å². The molecule has 0 bridgehead atoms. The molecular formula is C29H28ClNO6. The van der Waals surface area contributed by atoms with Gasteiger partial charge >= 0.3 is 0 Å². The highest BCUT2D eigenvalue weighted by Gasteiger charge is 2.47. The van der Waals surface area contributed by atoms with Crippen molar-refractivity contribution in [3.63, 3.8) is 0 Å². The number of carbonyl (C=O) groups is 2. The molecule has 8 heteroatoms. The summed E-state index contributed by atoms with van der Waals surface area (Å²) in [4.78, 5) is 28.2. The third-order valence-electron chi connectivity index (χ3n) is 6.52. The molecule has 0 spiro atoms. The minimum atomic E-state index is -1.01. The van der Waals surface area contributed by atoms with Gasteiger partial charge in [-0.25, -0.2) is 0 Å². The quantitative estimate of drug-likeness (QED) is 0.230. The molecule has 192 valence electrons. The standard InChI is InChI=1S/C29H28ClNO6/c1-15(2)20-14-21(16(3)11-24(20)37-5)27(33)25-26(17-9-10-23(32)22(30)12-17)31(29(35)28(25)34)18-7-6-8-19(13-18)36-4/h6-15,26,32-33H,1-5H3/b27-25+. The van der Waals surface area contributed by atoms with Crippen molar-refractivity contribution in [1.82, 2.24) is 0 Å². The number of methoxy groups -OCH3 is 2. The van der Waals surface area contributed by atoms with Gasteiger partial charge in [-0.3, -0.25) is 14.5 Å². The lowest BCUT2D eigenvalue weighted by Crippen LogP contribution is -2.29. The van der Waals surface area contributed by atoms with Crippen molar-refractivity contribution in [2.45, 2.75) is 32.7 Å². The zero-order chi connectivity index (χ0) is 27.0. The Kier molecular flexibility index (Phi) is 7.18. The maximum Gasteiger partial charge on any atom is 0.300 e. The van der Waals surface area contributed by atoms with Gasteiger partial charge in [-0.2, -0.15) is 0 Å². The summed E-state index contributed by atoms with van der Waals surface area (Å²) in [6.45, 7) is 5.79. The fraction of sp³-hybridized carbons (Fsp3) is 0.241. The molecule has 1 fully saturated rings. The highest BCUT2D eigenvalue weighted by Crippen LogP contribution is 2.45. The third-order valence-corrected chi connectivity index (χ3v) is 6.82. The van der Waals surface area contributed by atoms with Crippen LogP contribution < -0.4 is 14.4 Å². The summed E-state index contributed by atoms with van der Waals surface area (Å²) in [5.74, 6) is -0.850. The minimum absolute atomic E-state index is 0.0523. The van der Waals surface area contributed by atoms with Gasteiger partial charge in [0.1, 0.15) is 23.0 Å². The van der Waals surface area contributed by atoms with Crippen LogP contribution in [-0.2, 0) is 9.59 Å². The van der Waals surface area contributed by atoms with Crippen molar-refractivity contribution in [3.05, 3.63) is 87.4 Å². The number of hydrogen-bond donors (Lipinski definition) is 2. The smallest absolute Gasteiger partial charge is 0.300 e. The molecule has 3 aromatic carbocycles. The first kappa shape index (κ1) is 26.1. The zero-order valence-corrected chi connectivity index (χ0v) is 22.0. The number of benzene rings is 3. The summed E-state index contributed by atoms with van der Waals surface area (Å²) >= 11 is 6.21. The van der Waals surface area contributed by atoms with E-state index in [1.54, 1.807) is 56.5 Å². The van der Waals surface area contributed by atoms with Gasteiger partial charge in [-0.05, 0) is 65.9 Å². The molecule has 0 aliphatic carbocycles. The van der Waals surface area contributed by atoms with Crippen LogP contribution in [0.15, 0.2) is 60.2 Å². The minimum Gasteiger partial charge on any atom is -0.507 e. The van der Waals surface area contributed by atoms with Gasteiger partial charge in [0.2, 0.25) is 0 Å². The summed E-state index contributed by atoms with van der Waals surface area (Å²) in [7, 11) is 3.08. The molecule has 4 rings (SSSR count). The summed E-state index contributed by atoms with van der Waals surface area (Å²) < 4.78 is 10.8. The summed E-state index contributed by atoms with van der Waals surface area (Å²) in [6.07, 6.45) is 0. The third kappa shape index (κ3) is 4.62. The lowest BCUT2D eigenvalue weighted by Gasteiger charge is -2.26. The second-order valence-electron chi connectivity index (χ2n) is 9.15. The van der Waals surface area contributed by atoms with Crippen LogP contribution in [0.25, 0.3) is 5.76 Å². The van der Waals surface area contributed by atoms with Gasteiger partial charge in [-0.15, -0.1) is 0 Å². The number of aliphatic hydroxyl groups excluding tert-OH is 1. The van der Waals surface area contributed by atoms with Crippen LogP contribution >= 0.6 is 11.6 Å². The number of anilines is 1. The van der Waals surface area contributed by atoms with Crippen LogP contribution in [0.1, 0.15) is 48.1 Å². The lowest BCUT2D eigenvalue weighted by atomic mass is 9.91. The van der Waals surface area contributed by atoms with E-state index in [4.69, 9.17) is 21.1 Å². The van der Waals surface area contributed by atoms with Crippen LogP contribution in [0.4, 0.5) is 5.69 Å². The van der Waals surface area contributed by atoms with Crippen molar-refractivity contribution in [2.75, 3.05) is 19.1 Å². The number of phenols is 1. The van der Waals surface area contributed by atoms with Gasteiger partial charge < -0.3 is 19.7 Å². The van der Waals surface area contributed by atoms with E-state index in [0.717, 1.165) is 5.56 Å². The number of ketones is 1. The number of Topliss-reactive ketones (excluding diaryl/α,β-unsaturated/α-hetero) is 1. The van der Waals surface area contributed by atoms with E-state index in [-0.39, 0.29) is 28.0 Å². The molecule has 1 aliphatic heterocycles. The fourth-order valence-corrected chi connectivity index (χ4v) is 4.78. The first-order chi connectivity index (χ1) is 17.6. The molecule has 1 heterocycles. The first-order valence-electron chi connectivity index (χ1n) is 11.7. The zero-order valence-electron chi connectivity index (χ0n) is 21.2. The number of halogens is 1. The van der Waals surface area contributed by atoms with E-state index in [2.05, 4.69) is 0 Å². The Hall–Kier alpha value is -3.97. The SMILES string of the molecule is COc1cccc(N2C(=O)C(=O)/C(=C(/O)c3cc(C(C)C)c(OC)cc3C)C2c2ccc(O)c(Cl)c2)c1. The van der Waals surface area contributed by atoms with Crippen LogP contribution in [0.5, 0.6) is 17.2 Å². The van der Waals surface area contributed by atoms with Gasteiger partial charge in [0.25, 0.3) is 11.7 Å². The highest BCUT2D eigenvalue weighted by molar-refractivity contribution is 6.51. The Morgan fingerprint density at radius 1 is 1.03 bits per heavy atom. The van der Waals surface area contributed by atoms with E-state index in [9.17, 15) is 19.8 Å². The second kappa shape index (κ2) is 10.2. The average Bonchev–Trinajstić information content (AvgIpc) is 3.15. The predicted octanol–water partition coefficient (Wildman–Crippen LogP) is 6.12. The number of aliphatic hydroxyl groups is 1. The number of aromatic hydroxyl groups is 1. The van der Waals surface area contributed by atoms with Crippen molar-refractivity contribution in [3.8, 4) is 17.2 Å². The monoisotopic (exact) mass is 521 g/mol. The van der Waals surface area contributed by atoms with Crippen LogP contribution in [0.2, 0.25) is 5.02 Å². The molecule has 1 saturated heterocycles. The topological polar surface area (TPSA) is 96.3 Å². The Labute approximate surface area is 220 Å². The van der Waals surface area contributed by atoms with Crippen LogP contribution in [0.3, 0.4) is 0 Å². The Morgan fingerprint density at radius 2 is 1.76 bits per heavy atom. The second-order valence-corrected chi connectivity index (χ2v) is 9.55. The molecular weight excluding hydrogens is 494 g/mol. The van der Waals surface area contributed by atoms with Gasteiger partial charge in [0, 0.05) is 17.3 Å². The maximum absolute atomic E-state index is 13.5. The fourth-order valence-electron chi connectivity index (χ4n) is 4.59. The van der Waals surface area contributed by atoms with E-state index < -0.39 is 17.7 Å². The highest BCUT2D eigenvalue weighted by atomic mass is 35.5. The van der Waals surface area contributed by atoms with Crippen molar-refractivity contribution in [1.29, 1.82) is 0 Å². The summed E-state index contributed by atoms with van der Waals surface area (Å²) in [6, 6.07) is 13.8. The number of rotatable bonds is 6.